The molecule has 0 unspecified atom stereocenters. The molecule has 0 saturated carbocycles. The highest BCUT2D eigenvalue weighted by Gasteiger charge is 2.52. The van der Waals surface area contributed by atoms with Gasteiger partial charge in [-0.2, -0.15) is 0 Å². The van der Waals surface area contributed by atoms with E-state index < -0.39 is 5.41 Å². The SMILES string of the molecule is C=C1c2cc3c(cc2C[C@@]12Cc1cc4c(cc1C2=O)CCC4)CCC3. The Morgan fingerprint density at radius 1 is 0.680 bits per heavy atom. The van der Waals surface area contributed by atoms with Crippen LogP contribution in [-0.4, -0.2) is 5.78 Å². The smallest absolute Gasteiger partial charge is 0.174 e. The zero-order valence-corrected chi connectivity index (χ0v) is 14.6. The predicted molar refractivity (Wildman–Crippen MR) is 100 cm³/mol. The van der Waals surface area contributed by atoms with Crippen LogP contribution in [0.3, 0.4) is 0 Å². The van der Waals surface area contributed by atoms with Gasteiger partial charge in [0.15, 0.2) is 5.78 Å². The summed E-state index contributed by atoms with van der Waals surface area (Å²) in [5.41, 5.74) is 11.5. The first-order valence-electron chi connectivity index (χ1n) is 9.70. The summed E-state index contributed by atoms with van der Waals surface area (Å²) in [6.07, 6.45) is 8.91. The molecule has 2 aromatic rings. The number of hydrogen-bond donors (Lipinski definition) is 0. The van der Waals surface area contributed by atoms with Crippen molar-refractivity contribution in [2.75, 3.05) is 0 Å². The molecule has 4 aliphatic rings. The minimum Gasteiger partial charge on any atom is -0.293 e. The van der Waals surface area contributed by atoms with E-state index in [9.17, 15) is 4.79 Å². The summed E-state index contributed by atoms with van der Waals surface area (Å²) in [6, 6.07) is 9.28. The maximum Gasteiger partial charge on any atom is 0.174 e. The third-order valence-electron chi connectivity index (χ3n) is 7.20. The number of carbonyl (C=O) groups is 1. The number of allylic oxidation sites excluding steroid dienone is 1. The first kappa shape index (κ1) is 14.1. The minimum absolute atomic E-state index is 0.332. The fourth-order valence-electron chi connectivity index (χ4n) is 5.87. The van der Waals surface area contributed by atoms with E-state index in [0.717, 1.165) is 30.4 Å². The highest BCUT2D eigenvalue weighted by molar-refractivity contribution is 6.13. The number of carbonyl (C=O) groups excluding carboxylic acids is 1. The highest BCUT2D eigenvalue weighted by Crippen LogP contribution is 2.54. The molecule has 1 nitrogen and oxygen atoms in total. The van der Waals surface area contributed by atoms with Gasteiger partial charge in [0.2, 0.25) is 0 Å². The van der Waals surface area contributed by atoms with E-state index in [1.165, 1.54) is 71.0 Å². The Morgan fingerprint density at radius 2 is 1.16 bits per heavy atom. The van der Waals surface area contributed by atoms with Crippen LogP contribution in [0.1, 0.15) is 62.1 Å². The zero-order chi connectivity index (χ0) is 16.8. The van der Waals surface area contributed by atoms with E-state index >= 15 is 0 Å². The maximum absolute atomic E-state index is 13.5. The van der Waals surface area contributed by atoms with Gasteiger partial charge in [-0.15, -0.1) is 0 Å². The molecule has 0 saturated heterocycles. The Balaban J connectivity index is 1.47. The quantitative estimate of drug-likeness (QED) is 0.688. The lowest BCUT2D eigenvalue weighted by Gasteiger charge is -2.22. The van der Waals surface area contributed by atoms with E-state index in [1.54, 1.807) is 0 Å². The monoisotopic (exact) mass is 326 g/mol. The van der Waals surface area contributed by atoms with Crippen molar-refractivity contribution in [1.29, 1.82) is 0 Å². The lowest BCUT2D eigenvalue weighted by atomic mass is 9.77. The summed E-state index contributed by atoms with van der Waals surface area (Å²) < 4.78 is 0. The van der Waals surface area contributed by atoms with Crippen molar-refractivity contribution in [3.63, 3.8) is 0 Å². The summed E-state index contributed by atoms with van der Waals surface area (Å²) in [5, 5.41) is 0. The van der Waals surface area contributed by atoms with Crippen molar-refractivity contribution < 1.29 is 4.79 Å². The van der Waals surface area contributed by atoms with Crippen LogP contribution in [0.25, 0.3) is 5.57 Å². The molecular formula is C24H22O. The number of ketones is 1. The number of rotatable bonds is 0. The summed E-state index contributed by atoms with van der Waals surface area (Å²) >= 11 is 0. The molecule has 0 aromatic heterocycles. The van der Waals surface area contributed by atoms with E-state index in [-0.39, 0.29) is 0 Å². The lowest BCUT2D eigenvalue weighted by Crippen LogP contribution is -2.27. The van der Waals surface area contributed by atoms with Crippen molar-refractivity contribution in [3.05, 3.63) is 75.4 Å². The van der Waals surface area contributed by atoms with Crippen molar-refractivity contribution in [2.45, 2.75) is 51.4 Å². The van der Waals surface area contributed by atoms with E-state index in [4.69, 9.17) is 0 Å². The van der Waals surface area contributed by atoms with E-state index in [0.29, 0.717) is 5.78 Å². The van der Waals surface area contributed by atoms with Crippen LogP contribution in [0.4, 0.5) is 0 Å². The third kappa shape index (κ3) is 1.67. The number of aryl methyl sites for hydroxylation is 4. The first-order chi connectivity index (χ1) is 12.2. The minimum atomic E-state index is -0.394. The van der Waals surface area contributed by atoms with Crippen LogP contribution in [0.2, 0.25) is 0 Å². The van der Waals surface area contributed by atoms with Gasteiger partial charge in [0.1, 0.15) is 0 Å². The summed E-state index contributed by atoms with van der Waals surface area (Å²) in [5.74, 6) is 0.332. The Morgan fingerprint density at radius 3 is 1.76 bits per heavy atom. The van der Waals surface area contributed by atoms with Gasteiger partial charge >= 0.3 is 0 Å². The predicted octanol–water partition coefficient (Wildman–Crippen LogP) is 4.66. The van der Waals surface area contributed by atoms with Crippen molar-refractivity contribution in [3.8, 4) is 0 Å². The summed E-state index contributed by atoms with van der Waals surface area (Å²) in [7, 11) is 0. The van der Waals surface area contributed by atoms with Gasteiger partial charge in [-0.05, 0) is 102 Å². The standard InChI is InChI=1S/C24H22O/c1-14-21-10-17-6-2-4-15(17)8-19(21)12-24(14)13-20-9-16-5-3-7-18(16)11-22(20)23(24)25/h8-11H,1-7,12-13H2/t24-/m1/s1. The van der Waals surface area contributed by atoms with Crippen LogP contribution in [-0.2, 0) is 38.5 Å². The van der Waals surface area contributed by atoms with Gasteiger partial charge in [0.05, 0.1) is 5.41 Å². The first-order valence-corrected chi connectivity index (χ1v) is 9.70. The van der Waals surface area contributed by atoms with Gasteiger partial charge in [0, 0.05) is 5.56 Å². The highest BCUT2D eigenvalue weighted by atomic mass is 16.1. The van der Waals surface area contributed by atoms with Crippen LogP contribution in [0, 0.1) is 5.41 Å². The molecule has 25 heavy (non-hydrogen) atoms. The largest absolute Gasteiger partial charge is 0.293 e. The molecule has 2 aromatic carbocycles. The fraction of sp³-hybridized carbons (Fsp3) is 0.375. The Hall–Kier alpha value is -2.15. The molecule has 0 aliphatic heterocycles. The molecule has 1 atom stereocenters. The summed E-state index contributed by atoms with van der Waals surface area (Å²) in [6.45, 7) is 4.45. The normalized spacial score (nSPS) is 25.4. The second-order valence-electron chi connectivity index (χ2n) is 8.51. The molecule has 0 N–H and O–H groups in total. The molecular weight excluding hydrogens is 304 g/mol. The second kappa shape index (κ2) is 4.52. The Kier molecular flexibility index (Phi) is 2.54. The van der Waals surface area contributed by atoms with Gasteiger partial charge in [-0.25, -0.2) is 0 Å². The van der Waals surface area contributed by atoms with Crippen LogP contribution in [0.5, 0.6) is 0 Å². The molecule has 0 heterocycles. The lowest BCUT2D eigenvalue weighted by molar-refractivity contribution is 0.0889. The number of Topliss-reactive ketones (excluding diaryl/α,β-unsaturated/α-hetero) is 1. The van der Waals surface area contributed by atoms with Gasteiger partial charge < -0.3 is 0 Å². The number of fused-ring (bicyclic) bond motifs is 4. The molecule has 6 rings (SSSR count). The summed E-state index contributed by atoms with van der Waals surface area (Å²) in [4.78, 5) is 13.5. The molecule has 0 amide bonds. The molecule has 0 bridgehead atoms. The van der Waals surface area contributed by atoms with Gasteiger partial charge in [-0.3, -0.25) is 4.79 Å². The maximum atomic E-state index is 13.5. The average Bonchev–Trinajstić information content (AvgIpc) is 3.34. The molecule has 1 spiro atoms. The fourth-order valence-corrected chi connectivity index (χ4v) is 5.87. The molecule has 124 valence electrons. The van der Waals surface area contributed by atoms with Crippen LogP contribution >= 0.6 is 0 Å². The Bertz CT molecular complexity index is 910. The van der Waals surface area contributed by atoms with Crippen molar-refractivity contribution in [2.24, 2.45) is 5.41 Å². The average molecular weight is 326 g/mol. The molecule has 1 heteroatoms. The number of benzene rings is 2. The molecule has 0 radical (unpaired) electrons. The van der Waals surface area contributed by atoms with E-state index in [2.05, 4.69) is 30.8 Å². The van der Waals surface area contributed by atoms with Crippen LogP contribution in [0.15, 0.2) is 30.8 Å². The van der Waals surface area contributed by atoms with Crippen molar-refractivity contribution >= 4 is 11.4 Å². The van der Waals surface area contributed by atoms with E-state index in [1.807, 2.05) is 0 Å². The second-order valence-corrected chi connectivity index (χ2v) is 8.51. The van der Waals surface area contributed by atoms with Crippen LogP contribution < -0.4 is 0 Å². The zero-order valence-electron chi connectivity index (χ0n) is 14.6. The van der Waals surface area contributed by atoms with Gasteiger partial charge in [0.25, 0.3) is 0 Å². The third-order valence-corrected chi connectivity index (χ3v) is 7.20. The molecule has 4 aliphatic carbocycles. The number of hydrogen-bond acceptors (Lipinski definition) is 1. The molecule has 0 fully saturated rings. The Labute approximate surface area is 148 Å². The topological polar surface area (TPSA) is 17.1 Å². The van der Waals surface area contributed by atoms with Gasteiger partial charge in [-0.1, -0.05) is 24.8 Å². The van der Waals surface area contributed by atoms with Crippen molar-refractivity contribution in [1.82, 2.24) is 0 Å².